The minimum atomic E-state index is 0.202. The van der Waals surface area contributed by atoms with Crippen LogP contribution in [-0.4, -0.2) is 41.3 Å². The van der Waals surface area contributed by atoms with Crippen molar-refractivity contribution in [2.75, 3.05) is 31.5 Å². The Morgan fingerprint density at radius 3 is 2.38 bits per heavy atom. The van der Waals surface area contributed by atoms with Gasteiger partial charge in [0, 0.05) is 29.7 Å². The monoisotopic (exact) mass is 454 g/mol. The molecule has 4 aromatic carbocycles. The van der Waals surface area contributed by atoms with Crippen molar-refractivity contribution in [2.24, 2.45) is 0 Å². The largest absolute Gasteiger partial charge is 0.508 e. The Balaban J connectivity index is 1.61. The van der Waals surface area contributed by atoms with Gasteiger partial charge in [0.1, 0.15) is 23.0 Å². The Hall–Kier alpha value is -3.70. The van der Waals surface area contributed by atoms with Crippen LogP contribution in [0.1, 0.15) is 19.3 Å². The van der Waals surface area contributed by atoms with Crippen LogP contribution in [0.4, 0.5) is 5.69 Å². The van der Waals surface area contributed by atoms with E-state index in [1.54, 1.807) is 24.3 Å². The van der Waals surface area contributed by atoms with Gasteiger partial charge < -0.3 is 25.2 Å². The number of likely N-dealkylation sites (tertiary alicyclic amines) is 1. The molecular weight excluding hydrogens is 424 g/mol. The lowest BCUT2D eigenvalue weighted by Crippen LogP contribution is -2.33. The number of hydrogen-bond donors (Lipinski definition) is 3. The Bertz CT molecular complexity index is 1270. The van der Waals surface area contributed by atoms with Crippen molar-refractivity contribution in [1.29, 1.82) is 0 Å². The molecule has 5 heteroatoms. The van der Waals surface area contributed by atoms with Gasteiger partial charge in [0.25, 0.3) is 0 Å². The highest BCUT2D eigenvalue weighted by atomic mass is 16.5. The van der Waals surface area contributed by atoms with Gasteiger partial charge >= 0.3 is 0 Å². The van der Waals surface area contributed by atoms with E-state index in [2.05, 4.69) is 16.3 Å². The molecule has 0 saturated carbocycles. The number of phenols is 2. The lowest BCUT2D eigenvalue weighted by atomic mass is 9.96. The van der Waals surface area contributed by atoms with E-state index in [9.17, 15) is 10.2 Å². The first-order chi connectivity index (χ1) is 16.7. The standard InChI is InChI=1S/C29H30N2O3/c32-23-9-7-8-21(18-23)28-27(30-14-17-31-15-5-2-6-16-31)20-22-19-24(33)12-13-26(22)29(28)34-25-10-3-1-4-11-25/h1,3-4,7-13,18-20,30,32-33H,2,5-6,14-17H2. The molecule has 34 heavy (non-hydrogen) atoms. The molecule has 0 aromatic heterocycles. The molecule has 1 saturated heterocycles. The third-order valence-electron chi connectivity index (χ3n) is 6.37. The molecule has 3 N–H and O–H groups in total. The fraction of sp³-hybridized carbons (Fsp3) is 0.241. The minimum absolute atomic E-state index is 0.202. The van der Waals surface area contributed by atoms with E-state index in [1.807, 2.05) is 48.5 Å². The van der Waals surface area contributed by atoms with Crippen LogP contribution in [0.15, 0.2) is 78.9 Å². The van der Waals surface area contributed by atoms with Crippen molar-refractivity contribution >= 4 is 16.5 Å². The Kier molecular flexibility index (Phi) is 6.54. The van der Waals surface area contributed by atoms with E-state index in [4.69, 9.17) is 4.74 Å². The number of piperidine rings is 1. The van der Waals surface area contributed by atoms with E-state index in [0.717, 1.165) is 59.5 Å². The van der Waals surface area contributed by atoms with Gasteiger partial charge in [-0.05, 0) is 85.4 Å². The number of rotatable bonds is 7. The normalized spacial score (nSPS) is 14.2. The lowest BCUT2D eigenvalue weighted by Gasteiger charge is -2.27. The first-order valence-electron chi connectivity index (χ1n) is 12.0. The second kappa shape index (κ2) is 10.1. The van der Waals surface area contributed by atoms with Crippen molar-refractivity contribution in [3.8, 4) is 34.1 Å². The van der Waals surface area contributed by atoms with Gasteiger partial charge in [0.2, 0.25) is 0 Å². The zero-order chi connectivity index (χ0) is 23.3. The van der Waals surface area contributed by atoms with Crippen molar-refractivity contribution in [2.45, 2.75) is 19.3 Å². The van der Waals surface area contributed by atoms with Gasteiger partial charge in [-0.15, -0.1) is 0 Å². The number of benzene rings is 4. The number of aromatic hydroxyl groups is 2. The Morgan fingerprint density at radius 1 is 0.794 bits per heavy atom. The van der Waals surface area contributed by atoms with Crippen molar-refractivity contribution in [3.63, 3.8) is 0 Å². The summed E-state index contributed by atoms with van der Waals surface area (Å²) in [6, 6.07) is 24.3. The quantitative estimate of drug-likeness (QED) is 0.293. The smallest absolute Gasteiger partial charge is 0.145 e. The number of nitrogens with zero attached hydrogens (tertiary/aromatic N) is 1. The van der Waals surface area contributed by atoms with Crippen LogP contribution >= 0.6 is 0 Å². The summed E-state index contributed by atoms with van der Waals surface area (Å²) >= 11 is 0. The average Bonchev–Trinajstić information content (AvgIpc) is 2.85. The predicted octanol–water partition coefficient (Wildman–Crippen LogP) is 6.61. The molecule has 0 aliphatic carbocycles. The third-order valence-corrected chi connectivity index (χ3v) is 6.37. The van der Waals surface area contributed by atoms with Gasteiger partial charge in [0.15, 0.2) is 0 Å². The van der Waals surface area contributed by atoms with Crippen LogP contribution in [0.3, 0.4) is 0 Å². The van der Waals surface area contributed by atoms with Gasteiger partial charge in [-0.2, -0.15) is 0 Å². The van der Waals surface area contributed by atoms with E-state index >= 15 is 0 Å². The molecule has 5 rings (SSSR count). The summed E-state index contributed by atoms with van der Waals surface area (Å²) in [7, 11) is 0. The van der Waals surface area contributed by atoms with Crippen LogP contribution < -0.4 is 10.1 Å². The molecule has 0 unspecified atom stereocenters. The van der Waals surface area contributed by atoms with Gasteiger partial charge in [-0.3, -0.25) is 0 Å². The molecule has 0 radical (unpaired) electrons. The summed E-state index contributed by atoms with van der Waals surface area (Å²) in [6.07, 6.45) is 3.84. The molecule has 0 amide bonds. The van der Waals surface area contributed by atoms with Crippen LogP contribution in [0.5, 0.6) is 23.0 Å². The van der Waals surface area contributed by atoms with E-state index in [-0.39, 0.29) is 11.5 Å². The summed E-state index contributed by atoms with van der Waals surface area (Å²) < 4.78 is 6.48. The highest BCUT2D eigenvalue weighted by Crippen LogP contribution is 2.46. The van der Waals surface area contributed by atoms with Crippen LogP contribution in [0.2, 0.25) is 0 Å². The molecule has 5 nitrogen and oxygen atoms in total. The van der Waals surface area contributed by atoms with Crippen LogP contribution in [-0.2, 0) is 0 Å². The van der Waals surface area contributed by atoms with Gasteiger partial charge in [0.05, 0.1) is 0 Å². The Labute approximate surface area is 200 Å². The topological polar surface area (TPSA) is 65.0 Å². The molecule has 0 atom stereocenters. The number of para-hydroxylation sites is 1. The molecular formula is C29H30N2O3. The first-order valence-corrected chi connectivity index (χ1v) is 12.0. The van der Waals surface area contributed by atoms with Gasteiger partial charge in [-0.1, -0.05) is 36.8 Å². The van der Waals surface area contributed by atoms with E-state index < -0.39 is 0 Å². The lowest BCUT2D eigenvalue weighted by molar-refractivity contribution is 0.237. The number of anilines is 1. The maximum absolute atomic E-state index is 10.2. The minimum Gasteiger partial charge on any atom is -0.508 e. The van der Waals surface area contributed by atoms with Crippen molar-refractivity contribution in [1.82, 2.24) is 4.90 Å². The van der Waals surface area contributed by atoms with E-state index in [1.165, 1.54) is 19.3 Å². The fourth-order valence-electron chi connectivity index (χ4n) is 4.69. The fourth-order valence-corrected chi connectivity index (χ4v) is 4.69. The number of ether oxygens (including phenoxy) is 1. The van der Waals surface area contributed by atoms with Gasteiger partial charge in [-0.25, -0.2) is 0 Å². The first kappa shape index (κ1) is 22.1. The number of fused-ring (bicyclic) bond motifs is 1. The van der Waals surface area contributed by atoms with Crippen LogP contribution in [0, 0.1) is 0 Å². The molecule has 1 aliphatic heterocycles. The summed E-state index contributed by atoms with van der Waals surface area (Å²) in [5, 5.41) is 25.8. The maximum atomic E-state index is 10.2. The predicted molar refractivity (Wildman–Crippen MR) is 138 cm³/mol. The maximum Gasteiger partial charge on any atom is 0.145 e. The molecule has 174 valence electrons. The summed E-state index contributed by atoms with van der Waals surface area (Å²) in [6.45, 7) is 4.05. The number of hydrogen-bond acceptors (Lipinski definition) is 5. The zero-order valence-corrected chi connectivity index (χ0v) is 19.2. The Morgan fingerprint density at radius 2 is 1.59 bits per heavy atom. The van der Waals surface area contributed by atoms with Crippen molar-refractivity contribution < 1.29 is 14.9 Å². The second-order valence-electron chi connectivity index (χ2n) is 8.83. The molecule has 0 spiro atoms. The third kappa shape index (κ3) is 4.95. The molecule has 4 aromatic rings. The summed E-state index contributed by atoms with van der Waals surface area (Å²) in [5.41, 5.74) is 2.66. The highest BCUT2D eigenvalue weighted by molar-refractivity contribution is 6.02. The number of phenolic OH excluding ortho intramolecular Hbond substituents is 2. The summed E-state index contributed by atoms with van der Waals surface area (Å²) in [5.74, 6) is 1.83. The second-order valence-corrected chi connectivity index (χ2v) is 8.83. The zero-order valence-electron chi connectivity index (χ0n) is 19.2. The average molecular weight is 455 g/mol. The highest BCUT2D eigenvalue weighted by Gasteiger charge is 2.19. The van der Waals surface area contributed by atoms with Crippen LogP contribution in [0.25, 0.3) is 21.9 Å². The molecule has 1 aliphatic rings. The molecule has 1 heterocycles. The molecule has 1 fully saturated rings. The molecule has 0 bridgehead atoms. The van der Waals surface area contributed by atoms with Crippen molar-refractivity contribution in [3.05, 3.63) is 78.9 Å². The van der Waals surface area contributed by atoms with E-state index in [0.29, 0.717) is 5.75 Å². The SMILES string of the molecule is Oc1cccc(-c2c(NCCN3CCCCC3)cc3cc(O)ccc3c2Oc2ccccc2)c1. The summed E-state index contributed by atoms with van der Waals surface area (Å²) in [4.78, 5) is 2.50. The number of nitrogens with one attached hydrogen (secondary N) is 1.